The summed E-state index contributed by atoms with van der Waals surface area (Å²) in [5.41, 5.74) is 7.88. The molecule has 6 aromatic rings. The minimum Gasteiger partial charge on any atom is -0.380 e. The molecule has 2 fully saturated rings. The highest BCUT2D eigenvalue weighted by atomic mass is 35.5. The Morgan fingerprint density at radius 2 is 1.65 bits per heavy atom. The molecule has 4 aromatic carbocycles. The number of ether oxygens (including phenoxy) is 1. The molecule has 2 N–H and O–H groups in total. The van der Waals surface area contributed by atoms with E-state index < -0.39 is 0 Å². The van der Waals surface area contributed by atoms with Crippen LogP contribution in [0.3, 0.4) is 0 Å². The van der Waals surface area contributed by atoms with Gasteiger partial charge in [-0.05, 0) is 67.3 Å². The Kier molecular flexibility index (Phi) is 11.2. The van der Waals surface area contributed by atoms with E-state index in [4.69, 9.17) is 44.5 Å². The molecule has 1 saturated heterocycles. The lowest BCUT2D eigenvalue weighted by molar-refractivity contribution is 0.102. The number of piperazine rings is 1. The topological polar surface area (TPSA) is 78.4 Å². The monoisotopic (exact) mass is 794 g/mol. The standard InChI is InChI=1S/C44H45Cl3N6O2/c1-28(34-16-14-31(45)24-36(34)47)53-27-48-41(30-9-5-3-6-10-30)43(53)40-35-17-15-32(46)25-37(35)49-42(40)44(54)50-38-23-29(26-55-2)13-18-39(38)52-21-19-51(20-22-52)33-11-7-4-8-12-33/h3,5-6,9-10,13-18,23-25,27-28,33,49H,4,7-8,11-12,19-22,26H2,1-2H3,(H,50,54). The predicted octanol–water partition coefficient (Wildman–Crippen LogP) is 11.1. The highest BCUT2D eigenvalue weighted by Gasteiger charge is 2.30. The third kappa shape index (κ3) is 7.76. The van der Waals surface area contributed by atoms with E-state index in [0.29, 0.717) is 39.0 Å². The second-order valence-corrected chi connectivity index (χ2v) is 16.0. The third-order valence-electron chi connectivity index (χ3n) is 11.3. The van der Waals surface area contributed by atoms with Crippen LogP contribution in [0.25, 0.3) is 33.4 Å². The first-order chi connectivity index (χ1) is 26.8. The van der Waals surface area contributed by atoms with Crippen LogP contribution in [0.15, 0.2) is 91.3 Å². The summed E-state index contributed by atoms with van der Waals surface area (Å²) in [4.78, 5) is 28.5. The average Bonchev–Trinajstić information content (AvgIpc) is 3.80. The largest absolute Gasteiger partial charge is 0.380 e. The van der Waals surface area contributed by atoms with Gasteiger partial charge >= 0.3 is 0 Å². The van der Waals surface area contributed by atoms with Gasteiger partial charge in [-0.25, -0.2) is 4.98 Å². The number of anilines is 2. The molecule has 1 atom stereocenters. The number of nitrogens with one attached hydrogen (secondary N) is 2. The molecule has 1 amide bonds. The number of rotatable bonds is 10. The van der Waals surface area contributed by atoms with Crippen LogP contribution in [0.4, 0.5) is 11.4 Å². The number of nitrogens with zero attached hydrogens (tertiary/aromatic N) is 4. The summed E-state index contributed by atoms with van der Waals surface area (Å²) in [6.45, 7) is 6.30. The Bertz CT molecular complexity index is 2310. The second-order valence-electron chi connectivity index (χ2n) is 14.7. The van der Waals surface area contributed by atoms with Crippen molar-refractivity contribution in [3.63, 3.8) is 0 Å². The van der Waals surface area contributed by atoms with Gasteiger partial charge in [0.25, 0.3) is 5.91 Å². The van der Waals surface area contributed by atoms with Crippen molar-refractivity contribution >= 4 is 63.0 Å². The van der Waals surface area contributed by atoms with E-state index in [-0.39, 0.29) is 11.9 Å². The maximum atomic E-state index is 14.9. The maximum absolute atomic E-state index is 14.9. The van der Waals surface area contributed by atoms with Crippen molar-refractivity contribution in [1.29, 1.82) is 0 Å². The van der Waals surface area contributed by atoms with Crippen LogP contribution in [0.1, 0.15) is 66.7 Å². The predicted molar refractivity (Wildman–Crippen MR) is 226 cm³/mol. The first-order valence-electron chi connectivity index (χ1n) is 19.1. The minimum atomic E-state index is -0.275. The van der Waals surface area contributed by atoms with Crippen LogP contribution in [-0.2, 0) is 11.3 Å². The number of aromatic amines is 1. The number of aromatic nitrogens is 3. The molecule has 0 spiro atoms. The van der Waals surface area contributed by atoms with Crippen LogP contribution >= 0.6 is 34.8 Å². The number of carbonyl (C=O) groups excluding carboxylic acids is 1. The van der Waals surface area contributed by atoms with Gasteiger partial charge in [0, 0.05) is 76.4 Å². The van der Waals surface area contributed by atoms with E-state index in [1.807, 2.05) is 73.1 Å². The molecule has 11 heteroatoms. The summed E-state index contributed by atoms with van der Waals surface area (Å²) in [6.07, 6.45) is 8.41. The summed E-state index contributed by atoms with van der Waals surface area (Å²) in [5, 5.41) is 5.86. The fraction of sp³-hybridized carbons (Fsp3) is 0.318. The van der Waals surface area contributed by atoms with Gasteiger partial charge in [0.05, 0.1) is 41.7 Å². The zero-order valence-corrected chi connectivity index (χ0v) is 33.4. The number of amides is 1. The highest BCUT2D eigenvalue weighted by Crippen LogP contribution is 2.43. The fourth-order valence-corrected chi connectivity index (χ4v) is 9.20. The van der Waals surface area contributed by atoms with Crippen LogP contribution in [0.2, 0.25) is 15.1 Å². The van der Waals surface area contributed by atoms with Crippen molar-refractivity contribution in [1.82, 2.24) is 19.4 Å². The van der Waals surface area contributed by atoms with E-state index in [1.54, 1.807) is 13.2 Å². The number of fused-ring (bicyclic) bond motifs is 1. The third-order valence-corrected chi connectivity index (χ3v) is 12.1. The Balaban J connectivity index is 1.22. The van der Waals surface area contributed by atoms with E-state index >= 15 is 0 Å². The van der Waals surface area contributed by atoms with Gasteiger partial charge in [-0.1, -0.05) is 103 Å². The molecule has 3 heterocycles. The van der Waals surface area contributed by atoms with Gasteiger partial charge < -0.3 is 24.5 Å². The van der Waals surface area contributed by atoms with Gasteiger partial charge in [-0.15, -0.1) is 0 Å². The number of imidazole rings is 1. The molecule has 55 heavy (non-hydrogen) atoms. The van der Waals surface area contributed by atoms with Gasteiger partial charge in [-0.3, -0.25) is 9.69 Å². The molecule has 2 aromatic heterocycles. The van der Waals surface area contributed by atoms with Gasteiger partial charge in [-0.2, -0.15) is 0 Å². The molecule has 1 aliphatic carbocycles. The highest BCUT2D eigenvalue weighted by molar-refractivity contribution is 6.35. The molecule has 1 unspecified atom stereocenters. The molecular weight excluding hydrogens is 751 g/mol. The van der Waals surface area contributed by atoms with Crippen LogP contribution in [0, 0.1) is 0 Å². The lowest BCUT2D eigenvalue weighted by atomic mass is 9.94. The summed E-state index contributed by atoms with van der Waals surface area (Å²) in [7, 11) is 1.68. The van der Waals surface area contributed by atoms with Crippen molar-refractivity contribution in [2.75, 3.05) is 43.5 Å². The first-order valence-corrected chi connectivity index (χ1v) is 20.2. The molecule has 8 nitrogen and oxygen atoms in total. The fourth-order valence-electron chi connectivity index (χ4n) is 8.46. The quantitative estimate of drug-likeness (QED) is 0.144. The van der Waals surface area contributed by atoms with Crippen molar-refractivity contribution in [3.05, 3.63) is 123 Å². The normalized spacial score (nSPS) is 16.1. The Morgan fingerprint density at radius 1 is 0.909 bits per heavy atom. The van der Waals surface area contributed by atoms with E-state index in [2.05, 4.69) is 43.7 Å². The number of benzene rings is 4. The average molecular weight is 796 g/mol. The van der Waals surface area contributed by atoms with E-state index in [9.17, 15) is 4.79 Å². The van der Waals surface area contributed by atoms with Gasteiger partial charge in [0.1, 0.15) is 5.69 Å². The van der Waals surface area contributed by atoms with Crippen LogP contribution in [0.5, 0.6) is 0 Å². The summed E-state index contributed by atoms with van der Waals surface area (Å²) in [5.74, 6) is -0.275. The lowest BCUT2D eigenvalue weighted by Gasteiger charge is -2.42. The zero-order valence-electron chi connectivity index (χ0n) is 31.1. The Morgan fingerprint density at radius 3 is 2.40 bits per heavy atom. The SMILES string of the molecule is COCc1ccc(N2CCN(C3CCCCC3)CC2)c(NC(=O)c2[nH]c3cc(Cl)ccc3c2-c2c(-c3ccccc3)ncn2C(C)c2ccc(Cl)cc2Cl)c1. The van der Waals surface area contributed by atoms with Crippen molar-refractivity contribution in [2.45, 2.75) is 57.7 Å². The molecule has 8 rings (SSSR count). The lowest BCUT2D eigenvalue weighted by Crippen LogP contribution is -2.51. The Hall–Kier alpha value is -4.31. The zero-order chi connectivity index (χ0) is 38.1. The number of hydrogen-bond donors (Lipinski definition) is 2. The van der Waals surface area contributed by atoms with Crippen molar-refractivity contribution in [3.8, 4) is 22.5 Å². The number of hydrogen-bond acceptors (Lipinski definition) is 5. The second kappa shape index (κ2) is 16.4. The molecule has 284 valence electrons. The molecule has 2 aliphatic rings. The molecule has 0 radical (unpaired) electrons. The first kappa shape index (κ1) is 37.6. The summed E-state index contributed by atoms with van der Waals surface area (Å²) < 4.78 is 7.61. The summed E-state index contributed by atoms with van der Waals surface area (Å²) >= 11 is 19.7. The van der Waals surface area contributed by atoms with Crippen LogP contribution in [-0.4, -0.2) is 64.7 Å². The molecule has 0 bridgehead atoms. The van der Waals surface area contributed by atoms with Gasteiger partial charge in [0.2, 0.25) is 0 Å². The molecule has 1 saturated carbocycles. The van der Waals surface area contributed by atoms with Crippen molar-refractivity contribution in [2.24, 2.45) is 0 Å². The van der Waals surface area contributed by atoms with E-state index in [1.165, 1.54) is 32.1 Å². The Labute approximate surface area is 337 Å². The van der Waals surface area contributed by atoms with Crippen LogP contribution < -0.4 is 10.2 Å². The van der Waals surface area contributed by atoms with Crippen molar-refractivity contribution < 1.29 is 9.53 Å². The van der Waals surface area contributed by atoms with E-state index in [0.717, 1.165) is 76.5 Å². The summed E-state index contributed by atoms with van der Waals surface area (Å²) in [6, 6.07) is 27.9. The molecule has 1 aliphatic heterocycles. The smallest absolute Gasteiger partial charge is 0.272 e. The number of halogens is 3. The number of H-pyrrole nitrogens is 1. The number of methoxy groups -OCH3 is 1. The maximum Gasteiger partial charge on any atom is 0.272 e. The molecular formula is C44H45Cl3N6O2. The van der Waals surface area contributed by atoms with Gasteiger partial charge in [0.15, 0.2) is 0 Å². The number of carbonyl (C=O) groups is 1. The minimum absolute atomic E-state index is 0.262.